The SMILES string of the molecule is Cn1cncc1CNc1nc(=NC2CC2)n2ncc(=Cc3[nH]c(=O)[nH]c3O)c2n1. The summed E-state index contributed by atoms with van der Waals surface area (Å²) in [6.45, 7) is 0.495. The van der Waals surface area contributed by atoms with Crippen LogP contribution in [0.3, 0.4) is 0 Å². The molecule has 12 heteroatoms. The van der Waals surface area contributed by atoms with Crippen molar-refractivity contribution in [1.29, 1.82) is 0 Å². The Morgan fingerprint density at radius 2 is 2.21 bits per heavy atom. The van der Waals surface area contributed by atoms with E-state index in [0.29, 0.717) is 29.0 Å². The average molecular weight is 394 g/mol. The number of anilines is 1. The second-order valence-corrected chi connectivity index (χ2v) is 6.88. The van der Waals surface area contributed by atoms with Gasteiger partial charge in [0.05, 0.1) is 30.8 Å². The Kier molecular flexibility index (Phi) is 3.89. The summed E-state index contributed by atoms with van der Waals surface area (Å²) in [5.74, 6) is 0.154. The summed E-state index contributed by atoms with van der Waals surface area (Å²) in [5, 5.41) is 18.0. The second-order valence-electron chi connectivity index (χ2n) is 6.88. The third kappa shape index (κ3) is 3.35. The van der Waals surface area contributed by atoms with Gasteiger partial charge in [0.1, 0.15) is 5.69 Å². The number of fused-ring (bicyclic) bond motifs is 1. The molecule has 0 aromatic carbocycles. The van der Waals surface area contributed by atoms with Gasteiger partial charge >= 0.3 is 5.69 Å². The van der Waals surface area contributed by atoms with Gasteiger partial charge in [-0.25, -0.2) is 14.8 Å². The van der Waals surface area contributed by atoms with Crippen LogP contribution in [0.1, 0.15) is 24.2 Å². The molecule has 148 valence electrons. The first-order valence-corrected chi connectivity index (χ1v) is 9.08. The van der Waals surface area contributed by atoms with E-state index in [2.05, 4.69) is 40.3 Å². The average Bonchev–Trinajstić information content (AvgIpc) is 3.11. The van der Waals surface area contributed by atoms with Crippen LogP contribution in [0.15, 0.2) is 28.5 Å². The fourth-order valence-corrected chi connectivity index (χ4v) is 2.88. The van der Waals surface area contributed by atoms with Crippen LogP contribution >= 0.6 is 0 Å². The van der Waals surface area contributed by atoms with Crippen LogP contribution in [0.4, 0.5) is 5.95 Å². The first-order chi connectivity index (χ1) is 14.1. The molecule has 0 aliphatic heterocycles. The molecule has 0 saturated heterocycles. The maximum Gasteiger partial charge on any atom is 0.326 e. The van der Waals surface area contributed by atoms with E-state index in [1.807, 2.05) is 11.6 Å². The number of hydrogen-bond acceptors (Lipinski definition) is 8. The Morgan fingerprint density at radius 3 is 2.90 bits per heavy atom. The Balaban J connectivity index is 1.62. The lowest BCUT2D eigenvalue weighted by Crippen LogP contribution is -2.25. The number of aryl methyl sites for hydroxylation is 1. The van der Waals surface area contributed by atoms with E-state index in [4.69, 9.17) is 0 Å². The highest BCUT2D eigenvalue weighted by atomic mass is 16.3. The molecule has 4 heterocycles. The highest BCUT2D eigenvalue weighted by Gasteiger charge is 2.21. The summed E-state index contributed by atoms with van der Waals surface area (Å²) in [6, 6.07) is 0.250. The lowest BCUT2D eigenvalue weighted by atomic mass is 10.3. The molecule has 1 aliphatic carbocycles. The Bertz CT molecular complexity index is 1370. The van der Waals surface area contributed by atoms with Crippen molar-refractivity contribution in [3.63, 3.8) is 0 Å². The maximum atomic E-state index is 11.4. The van der Waals surface area contributed by atoms with E-state index in [1.165, 1.54) is 0 Å². The number of nitrogens with zero attached hydrogens (tertiary/aromatic N) is 7. The van der Waals surface area contributed by atoms with Crippen molar-refractivity contribution in [3.05, 3.63) is 51.4 Å². The topological polar surface area (TPSA) is 154 Å². The van der Waals surface area contributed by atoms with Crippen molar-refractivity contribution >= 4 is 17.7 Å². The molecule has 1 fully saturated rings. The van der Waals surface area contributed by atoms with Gasteiger partial charge in [-0.1, -0.05) is 0 Å². The molecule has 0 bridgehead atoms. The van der Waals surface area contributed by atoms with Gasteiger partial charge in [0.15, 0.2) is 5.65 Å². The summed E-state index contributed by atoms with van der Waals surface area (Å²) >= 11 is 0. The zero-order valence-electron chi connectivity index (χ0n) is 15.5. The van der Waals surface area contributed by atoms with Crippen LogP contribution in [0.25, 0.3) is 11.7 Å². The van der Waals surface area contributed by atoms with Crippen LogP contribution in [0.5, 0.6) is 5.88 Å². The molecule has 0 amide bonds. The minimum atomic E-state index is -0.497. The fraction of sp³-hybridized carbons (Fsp3) is 0.294. The standard InChI is InChI=1S/C17H18N10O2/c1-26-8-18-6-11(26)7-19-15-23-13-9(4-12-14(28)24-17(29)22-12)5-20-27(13)16(25-15)21-10-2-3-10/h4-6,8,10,28H,2-3,7H2,1H3,(H,19,21,25)(H2,22,24,29). The highest BCUT2D eigenvalue weighted by Crippen LogP contribution is 2.22. The smallest absolute Gasteiger partial charge is 0.326 e. The van der Waals surface area contributed by atoms with Gasteiger partial charge in [0.2, 0.25) is 11.8 Å². The van der Waals surface area contributed by atoms with E-state index in [0.717, 1.165) is 18.5 Å². The number of aromatic nitrogens is 8. The van der Waals surface area contributed by atoms with Crippen molar-refractivity contribution in [2.75, 3.05) is 5.32 Å². The van der Waals surface area contributed by atoms with Gasteiger partial charge < -0.3 is 20.0 Å². The van der Waals surface area contributed by atoms with Crippen LogP contribution in [-0.2, 0) is 13.6 Å². The van der Waals surface area contributed by atoms with E-state index in [9.17, 15) is 9.90 Å². The van der Waals surface area contributed by atoms with Crippen LogP contribution in [-0.4, -0.2) is 50.2 Å². The van der Waals surface area contributed by atoms with Gasteiger partial charge in [-0.2, -0.15) is 19.6 Å². The Morgan fingerprint density at radius 1 is 1.34 bits per heavy atom. The van der Waals surface area contributed by atoms with Gasteiger partial charge in [-0.05, 0) is 18.9 Å². The van der Waals surface area contributed by atoms with Crippen molar-refractivity contribution in [3.8, 4) is 5.88 Å². The molecule has 4 N–H and O–H groups in total. The molecule has 0 spiro atoms. The molecule has 4 aromatic rings. The summed E-state index contributed by atoms with van der Waals surface area (Å²) in [4.78, 5) is 34.0. The molecule has 5 rings (SSSR count). The number of hydrogen-bond donors (Lipinski definition) is 4. The van der Waals surface area contributed by atoms with E-state index >= 15 is 0 Å². The summed E-state index contributed by atoms with van der Waals surface area (Å²) in [5.41, 5.74) is 1.69. The molecule has 1 aliphatic rings. The van der Waals surface area contributed by atoms with Crippen molar-refractivity contribution in [2.24, 2.45) is 12.0 Å². The normalized spacial score (nSPS) is 15.5. The maximum absolute atomic E-state index is 11.4. The van der Waals surface area contributed by atoms with Crippen LogP contribution in [0, 0.1) is 0 Å². The fourth-order valence-electron chi connectivity index (χ4n) is 2.88. The number of H-pyrrole nitrogens is 2. The predicted octanol–water partition coefficient (Wildman–Crippen LogP) is -1.20. The summed E-state index contributed by atoms with van der Waals surface area (Å²) < 4.78 is 3.46. The molecule has 4 aromatic heterocycles. The molecule has 0 unspecified atom stereocenters. The molecule has 0 radical (unpaired) electrons. The van der Waals surface area contributed by atoms with Gasteiger partial charge in [0.25, 0.3) is 5.62 Å². The van der Waals surface area contributed by atoms with Crippen molar-refractivity contribution < 1.29 is 5.11 Å². The summed E-state index contributed by atoms with van der Waals surface area (Å²) in [6.07, 6.45) is 8.73. The van der Waals surface area contributed by atoms with E-state index < -0.39 is 5.69 Å². The van der Waals surface area contributed by atoms with Gasteiger partial charge in [-0.15, -0.1) is 0 Å². The highest BCUT2D eigenvalue weighted by molar-refractivity contribution is 5.57. The predicted molar refractivity (Wildman–Crippen MR) is 102 cm³/mol. The first-order valence-electron chi connectivity index (χ1n) is 9.08. The number of nitrogens with one attached hydrogen (secondary N) is 3. The molecule has 0 atom stereocenters. The Hall–Kier alpha value is -3.96. The quantitative estimate of drug-likeness (QED) is 0.331. The van der Waals surface area contributed by atoms with Crippen molar-refractivity contribution in [2.45, 2.75) is 25.4 Å². The van der Waals surface area contributed by atoms with E-state index in [1.54, 1.807) is 29.3 Å². The molecule has 29 heavy (non-hydrogen) atoms. The second kappa shape index (κ2) is 6.58. The van der Waals surface area contributed by atoms with Crippen LogP contribution in [0.2, 0.25) is 0 Å². The van der Waals surface area contributed by atoms with Gasteiger partial charge in [-0.3, -0.25) is 4.98 Å². The number of rotatable bonds is 5. The lowest BCUT2D eigenvalue weighted by molar-refractivity contribution is 0.454. The molecule has 1 saturated carbocycles. The van der Waals surface area contributed by atoms with Crippen LogP contribution < -0.4 is 21.8 Å². The number of imidazole rings is 2. The zero-order chi connectivity index (χ0) is 20.0. The van der Waals surface area contributed by atoms with Gasteiger partial charge in [0, 0.05) is 18.5 Å². The number of aromatic amines is 2. The molecular formula is C17H18N10O2. The zero-order valence-corrected chi connectivity index (χ0v) is 15.5. The largest absolute Gasteiger partial charge is 0.493 e. The molecule has 12 nitrogen and oxygen atoms in total. The summed E-state index contributed by atoms with van der Waals surface area (Å²) in [7, 11) is 1.91. The minimum absolute atomic E-state index is 0.244. The van der Waals surface area contributed by atoms with E-state index in [-0.39, 0.29) is 17.6 Å². The molecular weight excluding hydrogens is 376 g/mol. The third-order valence-corrected chi connectivity index (χ3v) is 4.60. The minimum Gasteiger partial charge on any atom is -0.493 e. The first kappa shape index (κ1) is 17.2. The Labute approximate surface area is 162 Å². The lowest BCUT2D eigenvalue weighted by Gasteiger charge is -2.05. The third-order valence-electron chi connectivity index (χ3n) is 4.60. The number of aromatic hydroxyl groups is 1. The van der Waals surface area contributed by atoms with Crippen molar-refractivity contribution in [1.82, 2.24) is 39.1 Å². The monoisotopic (exact) mass is 394 g/mol.